The Labute approximate surface area is 110 Å². The second-order valence-electron chi connectivity index (χ2n) is 4.10. The van der Waals surface area contributed by atoms with Gasteiger partial charge < -0.3 is 10.5 Å². The number of hydrogen-bond acceptors (Lipinski definition) is 5. The highest BCUT2D eigenvalue weighted by Gasteiger charge is 2.09. The Bertz CT molecular complexity index is 742. The molecule has 2 heterocycles. The maximum Gasteiger partial charge on any atom is 0.240 e. The van der Waals surface area contributed by atoms with E-state index >= 15 is 0 Å². The van der Waals surface area contributed by atoms with E-state index in [9.17, 15) is 0 Å². The van der Waals surface area contributed by atoms with Crippen LogP contribution in [0.1, 0.15) is 5.69 Å². The number of benzene rings is 1. The molecule has 0 aliphatic rings. The number of rotatable bonds is 2. The van der Waals surface area contributed by atoms with Crippen LogP contribution in [0.15, 0.2) is 42.9 Å². The quantitative estimate of drug-likeness (QED) is 0.710. The zero-order chi connectivity index (χ0) is 13.2. The Balaban J connectivity index is 2.12. The Morgan fingerprint density at radius 2 is 1.84 bits per heavy atom. The zero-order valence-electron chi connectivity index (χ0n) is 10.4. The third-order valence-electron chi connectivity index (χ3n) is 2.81. The van der Waals surface area contributed by atoms with Crippen molar-refractivity contribution in [2.45, 2.75) is 6.92 Å². The first-order valence-electron chi connectivity index (χ1n) is 5.84. The van der Waals surface area contributed by atoms with Gasteiger partial charge >= 0.3 is 0 Å². The van der Waals surface area contributed by atoms with Crippen LogP contribution in [-0.4, -0.2) is 15.0 Å². The van der Waals surface area contributed by atoms with Gasteiger partial charge in [-0.2, -0.15) is 0 Å². The van der Waals surface area contributed by atoms with Gasteiger partial charge in [0.05, 0.1) is 5.69 Å². The van der Waals surface area contributed by atoms with Crippen LogP contribution < -0.4 is 10.5 Å². The molecular formula is C14H12N4O. The topological polar surface area (TPSA) is 73.9 Å². The van der Waals surface area contributed by atoms with Gasteiger partial charge in [0.25, 0.3) is 0 Å². The van der Waals surface area contributed by atoms with Crippen molar-refractivity contribution in [3.63, 3.8) is 0 Å². The van der Waals surface area contributed by atoms with Crippen molar-refractivity contribution in [1.29, 1.82) is 0 Å². The standard InChI is InChI=1S/C14H12N4O/c1-9-14(18-8-7-16-9)19-12-5-4-11(15)10-3-2-6-17-13(10)12/h2-8H,15H2,1H3. The van der Waals surface area contributed by atoms with E-state index in [1.54, 1.807) is 30.7 Å². The first kappa shape index (κ1) is 11.4. The van der Waals surface area contributed by atoms with E-state index in [0.29, 0.717) is 22.8 Å². The van der Waals surface area contributed by atoms with Crippen molar-refractivity contribution in [1.82, 2.24) is 15.0 Å². The molecule has 2 aromatic heterocycles. The van der Waals surface area contributed by atoms with Gasteiger partial charge in [-0.1, -0.05) is 0 Å². The minimum Gasteiger partial charge on any atom is -0.435 e. The number of aryl methyl sites for hydroxylation is 1. The number of fused-ring (bicyclic) bond motifs is 1. The maximum atomic E-state index is 5.92. The van der Waals surface area contributed by atoms with E-state index in [1.165, 1.54) is 0 Å². The van der Waals surface area contributed by atoms with Crippen LogP contribution in [0, 0.1) is 6.92 Å². The highest BCUT2D eigenvalue weighted by atomic mass is 16.5. The molecule has 0 saturated heterocycles. The van der Waals surface area contributed by atoms with Gasteiger partial charge in [0.1, 0.15) is 5.52 Å². The van der Waals surface area contributed by atoms with Gasteiger partial charge in [0.2, 0.25) is 5.88 Å². The molecule has 0 bridgehead atoms. The molecule has 5 heteroatoms. The first-order chi connectivity index (χ1) is 9.25. The Kier molecular flexibility index (Phi) is 2.72. The monoisotopic (exact) mass is 252 g/mol. The van der Waals surface area contributed by atoms with E-state index < -0.39 is 0 Å². The Morgan fingerprint density at radius 1 is 1.00 bits per heavy atom. The molecule has 0 atom stereocenters. The highest BCUT2D eigenvalue weighted by molar-refractivity contribution is 5.94. The van der Waals surface area contributed by atoms with Gasteiger partial charge in [0, 0.05) is 29.7 Å². The Hall–Kier alpha value is -2.69. The third kappa shape index (κ3) is 2.06. The number of nitrogen functional groups attached to an aromatic ring is 1. The molecule has 0 saturated carbocycles. The summed E-state index contributed by atoms with van der Waals surface area (Å²) < 4.78 is 5.79. The summed E-state index contributed by atoms with van der Waals surface area (Å²) >= 11 is 0. The van der Waals surface area contributed by atoms with Crippen LogP contribution in [0.5, 0.6) is 11.6 Å². The minimum absolute atomic E-state index is 0.472. The van der Waals surface area contributed by atoms with Crippen LogP contribution >= 0.6 is 0 Å². The van der Waals surface area contributed by atoms with E-state index in [0.717, 1.165) is 11.1 Å². The molecule has 5 nitrogen and oxygen atoms in total. The lowest BCUT2D eigenvalue weighted by molar-refractivity contribution is 0.459. The lowest BCUT2D eigenvalue weighted by Gasteiger charge is -2.09. The molecule has 2 N–H and O–H groups in total. The first-order valence-corrected chi connectivity index (χ1v) is 5.84. The van der Waals surface area contributed by atoms with Crippen molar-refractivity contribution >= 4 is 16.6 Å². The molecule has 94 valence electrons. The summed E-state index contributed by atoms with van der Waals surface area (Å²) in [5.74, 6) is 1.09. The van der Waals surface area contributed by atoms with Gasteiger partial charge in [-0.05, 0) is 31.2 Å². The smallest absolute Gasteiger partial charge is 0.240 e. The molecule has 0 aliphatic heterocycles. The normalized spacial score (nSPS) is 10.6. The summed E-state index contributed by atoms with van der Waals surface area (Å²) in [5.41, 5.74) is 8.04. The number of anilines is 1. The molecule has 1 aromatic carbocycles. The number of nitrogens with zero attached hydrogens (tertiary/aromatic N) is 3. The van der Waals surface area contributed by atoms with Crippen LogP contribution in [0.25, 0.3) is 10.9 Å². The average Bonchev–Trinajstić information content (AvgIpc) is 2.44. The van der Waals surface area contributed by atoms with Gasteiger partial charge in [-0.25, -0.2) is 4.98 Å². The van der Waals surface area contributed by atoms with Crippen LogP contribution in [-0.2, 0) is 0 Å². The lowest BCUT2D eigenvalue weighted by Crippen LogP contribution is -1.96. The fraction of sp³-hybridized carbons (Fsp3) is 0.0714. The second kappa shape index (κ2) is 4.53. The largest absolute Gasteiger partial charge is 0.435 e. The molecule has 0 fully saturated rings. The van der Waals surface area contributed by atoms with Crippen molar-refractivity contribution in [2.75, 3.05) is 5.73 Å². The fourth-order valence-corrected chi connectivity index (χ4v) is 1.85. The average molecular weight is 252 g/mol. The SMILES string of the molecule is Cc1nccnc1Oc1ccc(N)c2cccnc12. The summed E-state index contributed by atoms with van der Waals surface area (Å²) in [6.07, 6.45) is 4.93. The molecule has 3 aromatic rings. The number of hydrogen-bond donors (Lipinski definition) is 1. The van der Waals surface area contributed by atoms with Crippen molar-refractivity contribution in [2.24, 2.45) is 0 Å². The summed E-state index contributed by atoms with van der Waals surface area (Å²) in [7, 11) is 0. The van der Waals surface area contributed by atoms with Gasteiger partial charge in [-0.15, -0.1) is 0 Å². The van der Waals surface area contributed by atoms with E-state index in [2.05, 4.69) is 15.0 Å². The summed E-state index contributed by atoms with van der Waals surface area (Å²) in [6, 6.07) is 7.34. The van der Waals surface area contributed by atoms with Crippen molar-refractivity contribution < 1.29 is 4.74 Å². The molecule has 19 heavy (non-hydrogen) atoms. The molecule has 0 radical (unpaired) electrons. The van der Waals surface area contributed by atoms with Crippen LogP contribution in [0.4, 0.5) is 5.69 Å². The van der Waals surface area contributed by atoms with E-state index in [4.69, 9.17) is 10.5 Å². The van der Waals surface area contributed by atoms with E-state index in [1.807, 2.05) is 19.1 Å². The maximum absolute atomic E-state index is 5.92. The van der Waals surface area contributed by atoms with Gasteiger partial charge in [-0.3, -0.25) is 9.97 Å². The molecule has 0 amide bonds. The third-order valence-corrected chi connectivity index (χ3v) is 2.81. The van der Waals surface area contributed by atoms with E-state index in [-0.39, 0.29) is 0 Å². The van der Waals surface area contributed by atoms with Crippen LogP contribution in [0.2, 0.25) is 0 Å². The summed E-state index contributed by atoms with van der Waals surface area (Å²) in [4.78, 5) is 12.6. The zero-order valence-corrected chi connectivity index (χ0v) is 10.4. The second-order valence-corrected chi connectivity index (χ2v) is 4.10. The number of aromatic nitrogens is 3. The number of pyridine rings is 1. The Morgan fingerprint density at radius 3 is 2.68 bits per heavy atom. The molecule has 0 unspecified atom stereocenters. The highest BCUT2D eigenvalue weighted by Crippen LogP contribution is 2.31. The molecule has 0 spiro atoms. The summed E-state index contributed by atoms with van der Waals surface area (Å²) in [5, 5.41) is 0.863. The molecule has 0 aliphatic carbocycles. The summed E-state index contributed by atoms with van der Waals surface area (Å²) in [6.45, 7) is 1.84. The minimum atomic E-state index is 0.472. The lowest BCUT2D eigenvalue weighted by atomic mass is 10.2. The molecule has 3 rings (SSSR count). The molecular weight excluding hydrogens is 240 g/mol. The predicted molar refractivity (Wildman–Crippen MR) is 73.0 cm³/mol. The predicted octanol–water partition coefficient (Wildman–Crippen LogP) is 2.71. The number of ether oxygens (including phenoxy) is 1. The number of nitrogens with two attached hydrogens (primary N) is 1. The van der Waals surface area contributed by atoms with Gasteiger partial charge in [0.15, 0.2) is 5.75 Å². The van der Waals surface area contributed by atoms with Crippen molar-refractivity contribution in [3.8, 4) is 11.6 Å². The van der Waals surface area contributed by atoms with Crippen molar-refractivity contribution in [3.05, 3.63) is 48.5 Å². The van der Waals surface area contributed by atoms with Crippen LogP contribution in [0.3, 0.4) is 0 Å². The fourth-order valence-electron chi connectivity index (χ4n) is 1.85.